The van der Waals surface area contributed by atoms with Crippen LogP contribution in [0.25, 0.3) is 10.9 Å². The lowest BCUT2D eigenvalue weighted by molar-refractivity contribution is -0.120. The minimum atomic E-state index is 0.0713. The van der Waals surface area contributed by atoms with E-state index in [1.807, 2.05) is 49.5 Å². The third-order valence-electron chi connectivity index (χ3n) is 4.33. The normalized spacial score (nSPS) is 10.7. The van der Waals surface area contributed by atoms with Crippen molar-refractivity contribution in [3.05, 3.63) is 53.9 Å². The standard InChI is InChI=1S/C21H25N3O3/c1-15-5-3-8-21(24-15)27-12-11-26-17-9-10-19-18(13-17)16(14-23-19)6-4-7-20(25)22-2/h3,5,8-10,13-14,23H,4,6-7,11-12H2,1-2H3,(H,22,25). The summed E-state index contributed by atoms with van der Waals surface area (Å²) in [6.45, 7) is 2.81. The fourth-order valence-electron chi connectivity index (χ4n) is 2.92. The summed E-state index contributed by atoms with van der Waals surface area (Å²) in [4.78, 5) is 18.9. The molecule has 0 fully saturated rings. The van der Waals surface area contributed by atoms with E-state index in [0.717, 1.165) is 35.2 Å². The number of nitrogens with zero attached hydrogens (tertiary/aromatic N) is 1. The number of H-pyrrole nitrogens is 1. The first kappa shape index (κ1) is 18.8. The predicted octanol–water partition coefficient (Wildman–Crippen LogP) is 3.40. The molecule has 0 unspecified atom stereocenters. The Balaban J connectivity index is 1.54. The molecule has 3 rings (SSSR count). The Kier molecular flexibility index (Phi) is 6.30. The van der Waals surface area contributed by atoms with Crippen LogP contribution in [0.3, 0.4) is 0 Å². The number of carbonyl (C=O) groups is 1. The Labute approximate surface area is 158 Å². The SMILES string of the molecule is CNC(=O)CCCc1c[nH]c2ccc(OCCOc3cccc(C)n3)cc12. The molecule has 2 N–H and O–H groups in total. The van der Waals surface area contributed by atoms with Crippen LogP contribution in [-0.4, -0.2) is 36.1 Å². The Bertz CT molecular complexity index is 905. The molecule has 2 heterocycles. The Hall–Kier alpha value is -3.02. The van der Waals surface area contributed by atoms with Crippen molar-refractivity contribution in [2.75, 3.05) is 20.3 Å². The monoisotopic (exact) mass is 367 g/mol. The zero-order valence-corrected chi connectivity index (χ0v) is 15.7. The van der Waals surface area contributed by atoms with Crippen LogP contribution in [0, 0.1) is 6.92 Å². The zero-order valence-electron chi connectivity index (χ0n) is 15.7. The number of benzene rings is 1. The first-order valence-corrected chi connectivity index (χ1v) is 9.15. The van der Waals surface area contributed by atoms with E-state index in [2.05, 4.69) is 15.3 Å². The van der Waals surface area contributed by atoms with Crippen molar-refractivity contribution in [1.82, 2.24) is 15.3 Å². The molecule has 0 saturated carbocycles. The molecule has 0 atom stereocenters. The van der Waals surface area contributed by atoms with Crippen LogP contribution in [0.5, 0.6) is 11.6 Å². The summed E-state index contributed by atoms with van der Waals surface area (Å²) in [6, 6.07) is 11.7. The number of aryl methyl sites for hydroxylation is 2. The summed E-state index contributed by atoms with van der Waals surface area (Å²) in [7, 11) is 1.66. The van der Waals surface area contributed by atoms with Gasteiger partial charge < -0.3 is 19.8 Å². The molecule has 0 radical (unpaired) electrons. The molecule has 6 nitrogen and oxygen atoms in total. The van der Waals surface area contributed by atoms with Crippen molar-refractivity contribution < 1.29 is 14.3 Å². The highest BCUT2D eigenvalue weighted by atomic mass is 16.5. The minimum absolute atomic E-state index is 0.0713. The molecule has 27 heavy (non-hydrogen) atoms. The van der Waals surface area contributed by atoms with Crippen molar-refractivity contribution in [2.24, 2.45) is 0 Å². The summed E-state index contributed by atoms with van der Waals surface area (Å²) in [5, 5.41) is 3.78. The van der Waals surface area contributed by atoms with Crippen molar-refractivity contribution in [1.29, 1.82) is 0 Å². The first-order valence-electron chi connectivity index (χ1n) is 9.15. The average Bonchev–Trinajstić information content (AvgIpc) is 3.07. The minimum Gasteiger partial charge on any atom is -0.490 e. The highest BCUT2D eigenvalue weighted by Gasteiger charge is 2.07. The second kappa shape index (κ2) is 9.07. The number of aromatic nitrogens is 2. The molecule has 3 aromatic rings. The number of nitrogens with one attached hydrogen (secondary N) is 2. The van der Waals surface area contributed by atoms with Crippen molar-refractivity contribution in [3.8, 4) is 11.6 Å². The number of ether oxygens (including phenoxy) is 2. The van der Waals surface area contributed by atoms with E-state index in [1.165, 1.54) is 5.56 Å². The Morgan fingerprint density at radius 2 is 2.04 bits per heavy atom. The van der Waals surface area contributed by atoms with E-state index >= 15 is 0 Å². The lowest BCUT2D eigenvalue weighted by Crippen LogP contribution is -2.17. The van der Waals surface area contributed by atoms with Gasteiger partial charge in [0.05, 0.1) is 0 Å². The Morgan fingerprint density at radius 3 is 2.85 bits per heavy atom. The van der Waals surface area contributed by atoms with Crippen molar-refractivity contribution in [2.45, 2.75) is 26.2 Å². The van der Waals surface area contributed by atoms with Crippen LogP contribution in [0.1, 0.15) is 24.1 Å². The van der Waals surface area contributed by atoms with Crippen molar-refractivity contribution >= 4 is 16.8 Å². The average molecular weight is 367 g/mol. The van der Waals surface area contributed by atoms with Gasteiger partial charge in [-0.15, -0.1) is 0 Å². The summed E-state index contributed by atoms with van der Waals surface area (Å²) < 4.78 is 11.4. The van der Waals surface area contributed by atoms with Crippen molar-refractivity contribution in [3.63, 3.8) is 0 Å². The number of pyridine rings is 1. The number of hydrogen-bond donors (Lipinski definition) is 2. The topological polar surface area (TPSA) is 76.2 Å². The van der Waals surface area contributed by atoms with Crippen LogP contribution in [-0.2, 0) is 11.2 Å². The van der Waals surface area contributed by atoms with Gasteiger partial charge in [0, 0.05) is 42.3 Å². The fraction of sp³-hybridized carbons (Fsp3) is 0.333. The fourth-order valence-corrected chi connectivity index (χ4v) is 2.92. The molecular weight excluding hydrogens is 342 g/mol. The molecule has 0 aliphatic carbocycles. The van der Waals surface area contributed by atoms with Gasteiger partial charge in [-0.3, -0.25) is 4.79 Å². The number of carbonyl (C=O) groups excluding carboxylic acids is 1. The van der Waals surface area contributed by atoms with Crippen LogP contribution < -0.4 is 14.8 Å². The number of aromatic amines is 1. The van der Waals surface area contributed by atoms with Crippen LogP contribution in [0.2, 0.25) is 0 Å². The number of fused-ring (bicyclic) bond motifs is 1. The molecule has 0 spiro atoms. The quantitative estimate of drug-likeness (QED) is 0.568. The van der Waals surface area contributed by atoms with Gasteiger partial charge in [-0.1, -0.05) is 6.07 Å². The van der Waals surface area contributed by atoms with Gasteiger partial charge in [0.15, 0.2) is 0 Å². The zero-order chi connectivity index (χ0) is 19.1. The maximum Gasteiger partial charge on any atom is 0.219 e. The molecule has 1 aromatic carbocycles. The van der Waals surface area contributed by atoms with Gasteiger partial charge in [-0.05, 0) is 49.6 Å². The van der Waals surface area contributed by atoms with Gasteiger partial charge in [-0.25, -0.2) is 4.98 Å². The highest BCUT2D eigenvalue weighted by molar-refractivity contribution is 5.84. The van der Waals surface area contributed by atoms with Gasteiger partial charge >= 0.3 is 0 Å². The molecule has 0 saturated heterocycles. The third-order valence-corrected chi connectivity index (χ3v) is 4.33. The van der Waals surface area contributed by atoms with Gasteiger partial charge in [0.1, 0.15) is 19.0 Å². The number of amides is 1. The lowest BCUT2D eigenvalue weighted by Gasteiger charge is -2.08. The summed E-state index contributed by atoms with van der Waals surface area (Å²) in [5.41, 5.74) is 3.19. The molecule has 2 aromatic heterocycles. The highest BCUT2D eigenvalue weighted by Crippen LogP contribution is 2.25. The van der Waals surface area contributed by atoms with Gasteiger partial charge in [0.25, 0.3) is 0 Å². The lowest BCUT2D eigenvalue weighted by atomic mass is 10.1. The second-order valence-electron chi connectivity index (χ2n) is 6.36. The maximum atomic E-state index is 11.4. The van der Waals surface area contributed by atoms with E-state index in [1.54, 1.807) is 7.05 Å². The Morgan fingerprint density at radius 1 is 1.19 bits per heavy atom. The number of hydrogen-bond acceptors (Lipinski definition) is 4. The summed E-state index contributed by atoms with van der Waals surface area (Å²) >= 11 is 0. The van der Waals surface area contributed by atoms with E-state index in [4.69, 9.17) is 9.47 Å². The molecule has 0 bridgehead atoms. The smallest absolute Gasteiger partial charge is 0.219 e. The van der Waals surface area contributed by atoms with Crippen LogP contribution in [0.4, 0.5) is 0 Å². The van der Waals surface area contributed by atoms with Crippen LogP contribution in [0.15, 0.2) is 42.6 Å². The largest absolute Gasteiger partial charge is 0.490 e. The molecule has 142 valence electrons. The van der Waals surface area contributed by atoms with Crippen LogP contribution >= 0.6 is 0 Å². The second-order valence-corrected chi connectivity index (χ2v) is 6.36. The molecule has 1 amide bonds. The third kappa shape index (κ3) is 5.23. The number of rotatable bonds is 9. The van der Waals surface area contributed by atoms with Gasteiger partial charge in [0.2, 0.25) is 11.8 Å². The molecular formula is C21H25N3O3. The molecule has 0 aliphatic heterocycles. The molecule has 6 heteroatoms. The maximum absolute atomic E-state index is 11.4. The molecule has 0 aliphatic rings. The summed E-state index contributed by atoms with van der Waals surface area (Å²) in [5.74, 6) is 1.48. The summed E-state index contributed by atoms with van der Waals surface area (Å²) in [6.07, 6.45) is 4.20. The van der Waals surface area contributed by atoms with Gasteiger partial charge in [-0.2, -0.15) is 0 Å². The van der Waals surface area contributed by atoms with E-state index in [9.17, 15) is 4.79 Å². The van der Waals surface area contributed by atoms with E-state index in [-0.39, 0.29) is 5.91 Å². The van der Waals surface area contributed by atoms with E-state index in [0.29, 0.717) is 25.5 Å². The predicted molar refractivity (Wildman–Crippen MR) is 105 cm³/mol. The van der Waals surface area contributed by atoms with E-state index < -0.39 is 0 Å². The first-order chi connectivity index (χ1) is 13.2.